The molecule has 0 saturated carbocycles. The predicted molar refractivity (Wildman–Crippen MR) is 110 cm³/mol. The summed E-state index contributed by atoms with van der Waals surface area (Å²) in [6.07, 6.45) is 5.58. The number of carbonyl (C=O) groups excluding carboxylic acids is 2. The van der Waals surface area contributed by atoms with Crippen LogP contribution in [0, 0.1) is 0 Å². The molecule has 1 aromatic carbocycles. The SMILES string of the molecule is O=C(Cc1ccnc(C(=O)NC2CCOCC2)c1)Cc1ccc2ncccc2c1. The number of ether oxygens (including phenoxy) is 1. The summed E-state index contributed by atoms with van der Waals surface area (Å²) >= 11 is 0. The molecule has 2 aromatic heterocycles. The summed E-state index contributed by atoms with van der Waals surface area (Å²) in [6.45, 7) is 1.33. The standard InChI is InChI=1S/C23H23N3O3/c27-20(13-16-3-4-21-18(12-16)2-1-8-24-21)14-17-5-9-25-22(15-17)23(28)26-19-6-10-29-11-7-19/h1-5,8-9,12,15,19H,6-7,10-11,13-14H2,(H,26,28). The van der Waals surface area contributed by atoms with Crippen LogP contribution in [0.25, 0.3) is 10.9 Å². The van der Waals surface area contributed by atoms with Gasteiger partial charge >= 0.3 is 0 Å². The Bertz CT molecular complexity index is 1030. The number of nitrogens with zero attached hydrogens (tertiary/aromatic N) is 2. The van der Waals surface area contributed by atoms with Crippen molar-refractivity contribution in [3.05, 3.63) is 71.7 Å². The molecule has 29 heavy (non-hydrogen) atoms. The molecule has 0 atom stereocenters. The lowest BCUT2D eigenvalue weighted by molar-refractivity contribution is -0.117. The number of hydrogen-bond acceptors (Lipinski definition) is 5. The van der Waals surface area contributed by atoms with E-state index in [9.17, 15) is 9.59 Å². The van der Waals surface area contributed by atoms with Gasteiger partial charge in [-0.3, -0.25) is 19.6 Å². The number of ketones is 1. The van der Waals surface area contributed by atoms with Crippen molar-refractivity contribution in [1.29, 1.82) is 0 Å². The van der Waals surface area contributed by atoms with Crippen LogP contribution in [-0.4, -0.2) is 40.9 Å². The highest BCUT2D eigenvalue weighted by atomic mass is 16.5. The highest BCUT2D eigenvalue weighted by Gasteiger charge is 2.18. The van der Waals surface area contributed by atoms with Crippen molar-refractivity contribution < 1.29 is 14.3 Å². The van der Waals surface area contributed by atoms with E-state index >= 15 is 0 Å². The maximum Gasteiger partial charge on any atom is 0.270 e. The van der Waals surface area contributed by atoms with Crippen LogP contribution in [0.15, 0.2) is 54.9 Å². The lowest BCUT2D eigenvalue weighted by Crippen LogP contribution is -2.39. The lowest BCUT2D eigenvalue weighted by atomic mass is 10.0. The van der Waals surface area contributed by atoms with Crippen molar-refractivity contribution in [2.24, 2.45) is 0 Å². The van der Waals surface area contributed by atoms with E-state index < -0.39 is 0 Å². The highest BCUT2D eigenvalue weighted by molar-refractivity contribution is 5.93. The number of benzene rings is 1. The van der Waals surface area contributed by atoms with Crippen molar-refractivity contribution in [3.8, 4) is 0 Å². The normalized spacial score (nSPS) is 14.6. The van der Waals surface area contributed by atoms with Crippen molar-refractivity contribution in [2.45, 2.75) is 31.7 Å². The third-order valence-corrected chi connectivity index (χ3v) is 5.08. The molecule has 3 heterocycles. The summed E-state index contributed by atoms with van der Waals surface area (Å²) in [5.41, 5.74) is 3.02. The van der Waals surface area contributed by atoms with Crippen LogP contribution >= 0.6 is 0 Å². The number of aromatic nitrogens is 2. The van der Waals surface area contributed by atoms with Crippen LogP contribution in [0.5, 0.6) is 0 Å². The van der Waals surface area contributed by atoms with Crippen LogP contribution in [-0.2, 0) is 22.4 Å². The van der Waals surface area contributed by atoms with Gasteiger partial charge in [0.1, 0.15) is 11.5 Å². The topological polar surface area (TPSA) is 81.2 Å². The van der Waals surface area contributed by atoms with Gasteiger partial charge in [-0.05, 0) is 54.3 Å². The van der Waals surface area contributed by atoms with Gasteiger partial charge in [0.05, 0.1) is 5.52 Å². The monoisotopic (exact) mass is 389 g/mol. The molecule has 148 valence electrons. The third-order valence-electron chi connectivity index (χ3n) is 5.08. The van der Waals surface area contributed by atoms with Gasteiger partial charge in [0.15, 0.2) is 0 Å². The number of carbonyl (C=O) groups is 2. The molecule has 6 heteroatoms. The molecule has 3 aromatic rings. The lowest BCUT2D eigenvalue weighted by Gasteiger charge is -2.22. The average molecular weight is 389 g/mol. The fraction of sp³-hybridized carbons (Fsp3) is 0.304. The molecule has 1 fully saturated rings. The molecule has 1 aliphatic rings. The van der Waals surface area contributed by atoms with Crippen molar-refractivity contribution in [1.82, 2.24) is 15.3 Å². The summed E-state index contributed by atoms with van der Waals surface area (Å²) in [5.74, 6) is -0.108. The first kappa shape index (κ1) is 19.2. The molecule has 1 saturated heterocycles. The average Bonchev–Trinajstić information content (AvgIpc) is 2.74. The van der Waals surface area contributed by atoms with Gasteiger partial charge in [0.2, 0.25) is 0 Å². The molecule has 0 unspecified atom stereocenters. The minimum Gasteiger partial charge on any atom is -0.381 e. The molecule has 1 amide bonds. The van der Waals surface area contributed by atoms with Crippen LogP contribution in [0.2, 0.25) is 0 Å². The first-order chi connectivity index (χ1) is 14.2. The Balaban J connectivity index is 1.38. The predicted octanol–water partition coefficient (Wildman–Crippen LogP) is 2.89. The zero-order valence-corrected chi connectivity index (χ0v) is 16.1. The van der Waals surface area contributed by atoms with Gasteiger partial charge in [0.25, 0.3) is 5.91 Å². The minimum atomic E-state index is -0.201. The summed E-state index contributed by atoms with van der Waals surface area (Å²) in [6, 6.07) is 13.4. The molecule has 4 rings (SSSR count). The number of pyridine rings is 2. The Hall–Kier alpha value is -3.12. The molecular weight excluding hydrogens is 366 g/mol. The van der Waals surface area contributed by atoms with E-state index in [-0.39, 0.29) is 24.2 Å². The zero-order valence-electron chi connectivity index (χ0n) is 16.1. The number of fused-ring (bicyclic) bond motifs is 1. The molecule has 1 aliphatic heterocycles. The second-order valence-electron chi connectivity index (χ2n) is 7.33. The Kier molecular flexibility index (Phi) is 5.91. The largest absolute Gasteiger partial charge is 0.381 e. The van der Waals surface area contributed by atoms with E-state index in [4.69, 9.17) is 4.74 Å². The minimum absolute atomic E-state index is 0.0928. The number of amides is 1. The fourth-order valence-electron chi connectivity index (χ4n) is 3.56. The molecule has 0 bridgehead atoms. The Labute approximate surface area is 169 Å². The molecule has 0 spiro atoms. The van der Waals surface area contributed by atoms with Gasteiger partial charge in [-0.1, -0.05) is 12.1 Å². The maximum absolute atomic E-state index is 12.6. The van der Waals surface area contributed by atoms with Gasteiger partial charge < -0.3 is 10.1 Å². The first-order valence-corrected chi connectivity index (χ1v) is 9.86. The molecular formula is C23H23N3O3. The number of rotatable bonds is 6. The molecule has 1 N–H and O–H groups in total. The van der Waals surface area contributed by atoms with Crippen LogP contribution < -0.4 is 5.32 Å². The molecule has 0 aliphatic carbocycles. The van der Waals surface area contributed by atoms with E-state index in [1.165, 1.54) is 0 Å². The van der Waals surface area contributed by atoms with E-state index in [0.717, 1.165) is 34.9 Å². The van der Waals surface area contributed by atoms with Crippen molar-refractivity contribution in [3.63, 3.8) is 0 Å². The van der Waals surface area contributed by atoms with E-state index in [1.807, 2.05) is 30.3 Å². The maximum atomic E-state index is 12.6. The Morgan fingerprint density at radius 2 is 1.76 bits per heavy atom. The van der Waals surface area contributed by atoms with Crippen LogP contribution in [0.1, 0.15) is 34.5 Å². The number of nitrogens with one attached hydrogen (secondary N) is 1. The third kappa shape index (κ3) is 5.03. The summed E-state index contributed by atoms with van der Waals surface area (Å²) in [5, 5.41) is 4.02. The molecule has 0 radical (unpaired) electrons. The van der Waals surface area contributed by atoms with Crippen molar-refractivity contribution in [2.75, 3.05) is 13.2 Å². The van der Waals surface area contributed by atoms with Gasteiger partial charge in [-0.25, -0.2) is 0 Å². The summed E-state index contributed by atoms with van der Waals surface area (Å²) < 4.78 is 5.31. The Morgan fingerprint density at radius 1 is 0.966 bits per heavy atom. The van der Waals surface area contributed by atoms with E-state index in [1.54, 1.807) is 24.5 Å². The quantitative estimate of drug-likeness (QED) is 0.701. The fourth-order valence-corrected chi connectivity index (χ4v) is 3.56. The van der Waals surface area contributed by atoms with E-state index in [2.05, 4.69) is 15.3 Å². The molecule has 6 nitrogen and oxygen atoms in total. The van der Waals surface area contributed by atoms with Gasteiger partial charge in [-0.15, -0.1) is 0 Å². The van der Waals surface area contributed by atoms with Crippen LogP contribution in [0.3, 0.4) is 0 Å². The summed E-state index contributed by atoms with van der Waals surface area (Å²) in [7, 11) is 0. The van der Waals surface area contributed by atoms with Crippen LogP contribution in [0.4, 0.5) is 0 Å². The summed E-state index contributed by atoms with van der Waals surface area (Å²) in [4.78, 5) is 33.5. The number of Topliss-reactive ketones (excluding diaryl/α,β-unsaturated/α-hetero) is 1. The first-order valence-electron chi connectivity index (χ1n) is 9.86. The number of hydrogen-bond donors (Lipinski definition) is 1. The second kappa shape index (κ2) is 8.92. The van der Waals surface area contributed by atoms with E-state index in [0.29, 0.717) is 25.3 Å². The Morgan fingerprint density at radius 3 is 2.59 bits per heavy atom. The van der Waals surface area contributed by atoms with Gasteiger partial charge in [-0.2, -0.15) is 0 Å². The highest BCUT2D eigenvalue weighted by Crippen LogP contribution is 2.15. The van der Waals surface area contributed by atoms with Gasteiger partial charge in [0, 0.05) is 49.9 Å². The van der Waals surface area contributed by atoms with Crippen molar-refractivity contribution >= 4 is 22.6 Å². The smallest absolute Gasteiger partial charge is 0.270 e. The zero-order chi connectivity index (χ0) is 20.1. The second-order valence-corrected chi connectivity index (χ2v) is 7.33.